The van der Waals surface area contributed by atoms with Crippen molar-refractivity contribution in [3.63, 3.8) is 0 Å². The number of ether oxygens (including phenoxy) is 1. The van der Waals surface area contributed by atoms with Gasteiger partial charge in [-0.2, -0.15) is 0 Å². The maximum absolute atomic E-state index is 13.3. The summed E-state index contributed by atoms with van der Waals surface area (Å²) in [5.74, 6) is 0.404. The van der Waals surface area contributed by atoms with E-state index in [9.17, 15) is 9.59 Å². The first-order valence-corrected chi connectivity index (χ1v) is 11.2. The summed E-state index contributed by atoms with van der Waals surface area (Å²) >= 11 is 0. The lowest BCUT2D eigenvalue weighted by atomic mass is 10.1. The highest BCUT2D eigenvalue weighted by Crippen LogP contribution is 2.34. The van der Waals surface area contributed by atoms with Crippen LogP contribution in [0.1, 0.15) is 5.56 Å². The molecule has 0 aliphatic rings. The Morgan fingerprint density at radius 3 is 2.53 bits per heavy atom. The Balaban J connectivity index is 1.29. The van der Waals surface area contributed by atoms with Gasteiger partial charge in [0, 0.05) is 34.3 Å². The Morgan fingerprint density at radius 1 is 0.882 bits per heavy atom. The predicted octanol–water partition coefficient (Wildman–Crippen LogP) is 4.33. The Bertz CT molecular complexity index is 1720. The molecule has 0 saturated carbocycles. The first kappa shape index (κ1) is 20.2. The number of fused-ring (bicyclic) bond motifs is 5. The predicted molar refractivity (Wildman–Crippen MR) is 134 cm³/mol. The van der Waals surface area contributed by atoms with Gasteiger partial charge in [-0.25, -0.2) is 0 Å². The van der Waals surface area contributed by atoms with Gasteiger partial charge in [0.2, 0.25) is 0 Å². The van der Waals surface area contributed by atoms with E-state index in [1.807, 2.05) is 72.8 Å². The van der Waals surface area contributed by atoms with Crippen molar-refractivity contribution < 1.29 is 9.53 Å². The van der Waals surface area contributed by atoms with Gasteiger partial charge in [-0.15, -0.1) is 0 Å². The maximum Gasteiger partial charge on any atom is 0.263 e. The molecule has 0 aliphatic carbocycles. The van der Waals surface area contributed by atoms with Crippen molar-refractivity contribution in [2.24, 2.45) is 0 Å². The van der Waals surface area contributed by atoms with E-state index in [1.165, 1.54) is 5.56 Å². The molecule has 0 aliphatic heterocycles. The zero-order valence-corrected chi connectivity index (χ0v) is 18.3. The van der Waals surface area contributed by atoms with Crippen LogP contribution < -0.4 is 15.6 Å². The Kier molecular flexibility index (Phi) is 4.84. The Morgan fingerprint density at radius 2 is 1.68 bits per heavy atom. The number of carbonyl (C=O) groups is 1. The van der Waals surface area contributed by atoms with E-state index < -0.39 is 0 Å². The third-order valence-corrected chi connectivity index (χ3v) is 6.21. The lowest BCUT2D eigenvalue weighted by Crippen LogP contribution is -2.30. The molecule has 0 saturated heterocycles. The van der Waals surface area contributed by atoms with Gasteiger partial charge in [-0.1, -0.05) is 48.5 Å². The number of carbonyl (C=O) groups excluding carboxylic acids is 1. The number of benzene rings is 3. The number of rotatable bonds is 6. The topological polar surface area (TPSA) is 72.7 Å². The van der Waals surface area contributed by atoms with Crippen molar-refractivity contribution in [1.82, 2.24) is 14.7 Å². The minimum Gasteiger partial charge on any atom is -0.484 e. The van der Waals surface area contributed by atoms with E-state index in [4.69, 9.17) is 4.74 Å². The molecule has 0 unspecified atom stereocenters. The molecule has 0 atom stereocenters. The molecule has 6 aromatic rings. The van der Waals surface area contributed by atoms with E-state index >= 15 is 0 Å². The van der Waals surface area contributed by atoms with Gasteiger partial charge in [-0.05, 0) is 42.3 Å². The highest BCUT2D eigenvalue weighted by molar-refractivity contribution is 6.18. The van der Waals surface area contributed by atoms with Crippen LogP contribution >= 0.6 is 0 Å². The quantitative estimate of drug-likeness (QED) is 0.386. The SMILES string of the molecule is O=C(COc1ccc2c(c1)c1ccnc3c4ccccc4c(=O)n2c13)NCCc1ccccc1. The minimum absolute atomic E-state index is 0.0671. The molecule has 6 nitrogen and oxygen atoms in total. The van der Waals surface area contributed by atoms with Crippen LogP contribution in [0.4, 0.5) is 0 Å². The van der Waals surface area contributed by atoms with Crippen molar-refractivity contribution in [3.8, 4) is 5.75 Å². The fraction of sp³-hybridized carbons (Fsp3) is 0.107. The number of nitrogens with one attached hydrogen (secondary N) is 1. The summed E-state index contributed by atoms with van der Waals surface area (Å²) in [6, 6.07) is 25.0. The van der Waals surface area contributed by atoms with Crippen LogP contribution in [0.5, 0.6) is 5.75 Å². The third kappa shape index (κ3) is 3.31. The lowest BCUT2D eigenvalue weighted by Gasteiger charge is -2.08. The van der Waals surface area contributed by atoms with E-state index in [0.717, 1.165) is 39.1 Å². The lowest BCUT2D eigenvalue weighted by molar-refractivity contribution is -0.123. The molecular weight excluding hydrogens is 426 g/mol. The van der Waals surface area contributed by atoms with Crippen LogP contribution in [0.2, 0.25) is 0 Å². The van der Waals surface area contributed by atoms with Crippen LogP contribution in [0.15, 0.2) is 89.9 Å². The van der Waals surface area contributed by atoms with Gasteiger partial charge in [0.25, 0.3) is 11.5 Å². The molecular formula is C28H21N3O3. The summed E-state index contributed by atoms with van der Waals surface area (Å²) in [7, 11) is 0. The van der Waals surface area contributed by atoms with Gasteiger partial charge in [0.05, 0.1) is 16.6 Å². The second-order valence-electron chi connectivity index (χ2n) is 8.30. The summed E-state index contributed by atoms with van der Waals surface area (Å²) < 4.78 is 7.51. The fourth-order valence-electron chi connectivity index (χ4n) is 4.63. The van der Waals surface area contributed by atoms with Crippen LogP contribution in [0.25, 0.3) is 38.1 Å². The van der Waals surface area contributed by atoms with Crippen LogP contribution in [0, 0.1) is 0 Å². The van der Waals surface area contributed by atoms with Crippen LogP contribution in [-0.4, -0.2) is 28.4 Å². The number of hydrogen-bond acceptors (Lipinski definition) is 4. The molecule has 3 heterocycles. The van der Waals surface area contributed by atoms with Crippen molar-refractivity contribution in [2.45, 2.75) is 6.42 Å². The average molecular weight is 447 g/mol. The number of pyridine rings is 2. The highest BCUT2D eigenvalue weighted by atomic mass is 16.5. The van der Waals surface area contributed by atoms with Gasteiger partial charge in [0.15, 0.2) is 6.61 Å². The van der Waals surface area contributed by atoms with Gasteiger partial charge >= 0.3 is 0 Å². The summed E-state index contributed by atoms with van der Waals surface area (Å²) in [6.45, 7) is 0.479. The number of hydrogen-bond donors (Lipinski definition) is 1. The number of amides is 1. The van der Waals surface area contributed by atoms with E-state index in [2.05, 4.69) is 10.3 Å². The van der Waals surface area contributed by atoms with Crippen molar-refractivity contribution in [3.05, 3.63) is 101 Å². The molecule has 166 valence electrons. The second kappa shape index (κ2) is 8.15. The van der Waals surface area contributed by atoms with E-state index in [-0.39, 0.29) is 18.1 Å². The van der Waals surface area contributed by atoms with Crippen molar-refractivity contribution in [1.29, 1.82) is 0 Å². The molecule has 0 spiro atoms. The molecule has 0 fully saturated rings. The first-order valence-electron chi connectivity index (χ1n) is 11.2. The Labute approximate surface area is 194 Å². The molecule has 6 heteroatoms. The fourth-order valence-corrected chi connectivity index (χ4v) is 4.63. The second-order valence-corrected chi connectivity index (χ2v) is 8.30. The minimum atomic E-state index is -0.173. The summed E-state index contributed by atoms with van der Waals surface area (Å²) in [5.41, 5.74) is 3.50. The monoisotopic (exact) mass is 447 g/mol. The molecule has 1 N–H and O–H groups in total. The normalized spacial score (nSPS) is 11.5. The molecule has 34 heavy (non-hydrogen) atoms. The molecule has 6 rings (SSSR count). The van der Waals surface area contributed by atoms with E-state index in [0.29, 0.717) is 17.7 Å². The smallest absolute Gasteiger partial charge is 0.263 e. The van der Waals surface area contributed by atoms with Crippen molar-refractivity contribution in [2.75, 3.05) is 13.2 Å². The van der Waals surface area contributed by atoms with Crippen molar-refractivity contribution >= 4 is 44.0 Å². The largest absolute Gasteiger partial charge is 0.484 e. The van der Waals surface area contributed by atoms with Gasteiger partial charge < -0.3 is 10.1 Å². The number of aromatic nitrogens is 2. The zero-order valence-electron chi connectivity index (χ0n) is 18.3. The molecule has 0 radical (unpaired) electrons. The third-order valence-electron chi connectivity index (χ3n) is 6.21. The maximum atomic E-state index is 13.3. The highest BCUT2D eigenvalue weighted by Gasteiger charge is 2.18. The van der Waals surface area contributed by atoms with Crippen LogP contribution in [0.3, 0.4) is 0 Å². The molecule has 3 aromatic heterocycles. The zero-order chi connectivity index (χ0) is 23.1. The summed E-state index contributed by atoms with van der Waals surface area (Å²) in [5, 5.41) is 6.20. The Hall–Kier alpha value is -4.45. The summed E-state index contributed by atoms with van der Waals surface area (Å²) in [6.07, 6.45) is 2.53. The van der Waals surface area contributed by atoms with Gasteiger partial charge in [0.1, 0.15) is 5.75 Å². The average Bonchev–Trinajstić information content (AvgIpc) is 3.21. The first-order chi connectivity index (χ1) is 16.7. The molecule has 0 bridgehead atoms. The molecule has 1 amide bonds. The number of nitrogens with zero attached hydrogens (tertiary/aromatic N) is 2. The van der Waals surface area contributed by atoms with Crippen LogP contribution in [-0.2, 0) is 11.2 Å². The summed E-state index contributed by atoms with van der Waals surface area (Å²) in [4.78, 5) is 30.2. The molecule has 3 aromatic carbocycles. The van der Waals surface area contributed by atoms with Gasteiger partial charge in [-0.3, -0.25) is 19.0 Å². The van der Waals surface area contributed by atoms with E-state index in [1.54, 1.807) is 16.7 Å². The standard InChI is InChI=1S/C28H21N3O3/c32-25(29-14-12-18-6-2-1-3-7-18)17-34-19-10-11-24-23(16-19)21-13-15-30-26-20-8-4-5-9-22(20)28(33)31(24)27(21)26/h1-11,13,15-16H,12,14,17H2,(H,29,32).